The van der Waals surface area contributed by atoms with Crippen molar-refractivity contribution in [2.45, 2.75) is 6.92 Å². The quantitative estimate of drug-likeness (QED) is 0.524. The number of hydrogen-bond acceptors (Lipinski definition) is 4. The lowest BCUT2D eigenvalue weighted by molar-refractivity contribution is 0.449. The van der Waals surface area contributed by atoms with E-state index in [2.05, 4.69) is 20.6 Å². The number of halogens is 4. The molecule has 0 saturated carbocycles. The fourth-order valence-corrected chi connectivity index (χ4v) is 2.11. The van der Waals surface area contributed by atoms with Crippen molar-refractivity contribution in [1.29, 1.82) is 0 Å². The Labute approximate surface area is 140 Å². The normalized spacial score (nSPS) is 10.6. The third-order valence-corrected chi connectivity index (χ3v) is 3.25. The van der Waals surface area contributed by atoms with Gasteiger partial charge in [-0.1, -0.05) is 0 Å². The van der Waals surface area contributed by atoms with Crippen molar-refractivity contribution in [3.05, 3.63) is 71.4 Å². The molecule has 128 valence electrons. The number of rotatable bonds is 4. The summed E-state index contributed by atoms with van der Waals surface area (Å²) in [5, 5.41) is 5.46. The molecule has 0 aliphatic carbocycles. The molecule has 8 heteroatoms. The molecule has 0 atom stereocenters. The summed E-state index contributed by atoms with van der Waals surface area (Å²) in [6.45, 7) is 1.68. The number of anilines is 4. The number of nitrogens with zero attached hydrogens (tertiary/aromatic N) is 2. The molecule has 3 rings (SSSR count). The van der Waals surface area contributed by atoms with Crippen LogP contribution in [0.4, 0.5) is 40.7 Å². The molecule has 1 aromatic heterocycles. The van der Waals surface area contributed by atoms with Crippen LogP contribution >= 0.6 is 0 Å². The van der Waals surface area contributed by atoms with E-state index < -0.39 is 17.5 Å². The van der Waals surface area contributed by atoms with E-state index in [1.807, 2.05) is 0 Å². The van der Waals surface area contributed by atoms with Gasteiger partial charge in [0.05, 0.1) is 5.69 Å². The molecule has 0 radical (unpaired) electrons. The maximum absolute atomic E-state index is 13.8. The summed E-state index contributed by atoms with van der Waals surface area (Å²) in [5.74, 6) is -4.21. The van der Waals surface area contributed by atoms with Crippen LogP contribution in [-0.2, 0) is 0 Å². The Hall–Kier alpha value is -3.16. The molecule has 0 spiro atoms. The molecule has 0 aliphatic heterocycles. The molecule has 2 N–H and O–H groups in total. The van der Waals surface area contributed by atoms with Crippen molar-refractivity contribution in [3.8, 4) is 0 Å². The largest absolute Gasteiger partial charge is 0.338 e. The highest BCUT2D eigenvalue weighted by Crippen LogP contribution is 2.24. The minimum atomic E-state index is -1.57. The highest BCUT2D eigenvalue weighted by molar-refractivity contribution is 5.60. The van der Waals surface area contributed by atoms with Gasteiger partial charge in [-0.05, 0) is 43.3 Å². The Bertz CT molecular complexity index is 913. The van der Waals surface area contributed by atoms with Crippen LogP contribution in [0.5, 0.6) is 0 Å². The molecule has 0 amide bonds. The highest BCUT2D eigenvalue weighted by atomic mass is 19.2. The van der Waals surface area contributed by atoms with Crippen LogP contribution in [-0.4, -0.2) is 9.97 Å². The fourth-order valence-electron chi connectivity index (χ4n) is 2.11. The van der Waals surface area contributed by atoms with Crippen LogP contribution in [0.3, 0.4) is 0 Å². The first-order valence-electron chi connectivity index (χ1n) is 7.21. The summed E-state index contributed by atoms with van der Waals surface area (Å²) in [6, 6.07) is 8.94. The van der Waals surface area contributed by atoms with E-state index in [1.165, 1.54) is 30.3 Å². The van der Waals surface area contributed by atoms with E-state index in [9.17, 15) is 17.6 Å². The number of aromatic nitrogens is 2. The van der Waals surface area contributed by atoms with Gasteiger partial charge < -0.3 is 10.6 Å². The maximum atomic E-state index is 13.8. The highest BCUT2D eigenvalue weighted by Gasteiger charge is 2.14. The maximum Gasteiger partial charge on any atom is 0.229 e. The summed E-state index contributed by atoms with van der Waals surface area (Å²) >= 11 is 0. The van der Waals surface area contributed by atoms with Gasteiger partial charge in [0.15, 0.2) is 17.5 Å². The summed E-state index contributed by atoms with van der Waals surface area (Å²) in [6.07, 6.45) is 0. The van der Waals surface area contributed by atoms with Gasteiger partial charge >= 0.3 is 0 Å². The Morgan fingerprint density at radius 2 is 1.52 bits per heavy atom. The van der Waals surface area contributed by atoms with Gasteiger partial charge in [0, 0.05) is 17.4 Å². The van der Waals surface area contributed by atoms with E-state index >= 15 is 0 Å². The van der Waals surface area contributed by atoms with Gasteiger partial charge in [0.1, 0.15) is 11.6 Å². The molecule has 3 aromatic rings. The number of benzene rings is 2. The zero-order chi connectivity index (χ0) is 18.0. The Morgan fingerprint density at radius 3 is 2.24 bits per heavy atom. The third kappa shape index (κ3) is 3.85. The van der Waals surface area contributed by atoms with E-state index in [1.54, 1.807) is 6.92 Å². The molecule has 25 heavy (non-hydrogen) atoms. The molecule has 1 heterocycles. The molecule has 0 saturated heterocycles. The Morgan fingerprint density at radius 1 is 0.800 bits per heavy atom. The average Bonchev–Trinajstić information content (AvgIpc) is 2.57. The van der Waals surface area contributed by atoms with Gasteiger partial charge in [-0.15, -0.1) is 0 Å². The first-order valence-corrected chi connectivity index (χ1v) is 7.21. The zero-order valence-corrected chi connectivity index (χ0v) is 12.9. The van der Waals surface area contributed by atoms with Crippen LogP contribution < -0.4 is 10.6 Å². The first kappa shape index (κ1) is 16.7. The van der Waals surface area contributed by atoms with Crippen molar-refractivity contribution in [2.24, 2.45) is 0 Å². The molecular weight excluding hydrogens is 336 g/mol. The zero-order valence-electron chi connectivity index (χ0n) is 12.9. The second-order valence-electron chi connectivity index (χ2n) is 5.20. The predicted octanol–water partition coefficient (Wildman–Crippen LogP) is 4.83. The summed E-state index contributed by atoms with van der Waals surface area (Å²) in [4.78, 5) is 8.29. The van der Waals surface area contributed by atoms with Crippen LogP contribution in [0.25, 0.3) is 0 Å². The molecule has 0 fully saturated rings. The van der Waals surface area contributed by atoms with Crippen molar-refractivity contribution >= 4 is 23.1 Å². The van der Waals surface area contributed by atoms with E-state index in [0.29, 0.717) is 11.4 Å². The van der Waals surface area contributed by atoms with E-state index in [0.717, 1.165) is 12.1 Å². The van der Waals surface area contributed by atoms with E-state index in [-0.39, 0.29) is 23.3 Å². The molecule has 0 aliphatic rings. The van der Waals surface area contributed by atoms with E-state index in [4.69, 9.17) is 0 Å². The summed E-state index contributed by atoms with van der Waals surface area (Å²) in [5.41, 5.74) is 0.840. The minimum Gasteiger partial charge on any atom is -0.338 e. The third-order valence-electron chi connectivity index (χ3n) is 3.25. The standard InChI is InChI=1S/C17H12F4N4/c1-9-8-14(24-13-7-6-12(19)15(20)16(13)21)25-17(22-9)23-11-4-2-10(18)3-5-11/h2-8H,1H3,(H2,22,23,24,25). The molecule has 0 unspecified atom stereocenters. The van der Waals surface area contributed by atoms with Gasteiger partial charge in [-0.3, -0.25) is 0 Å². The minimum absolute atomic E-state index is 0.178. The lowest BCUT2D eigenvalue weighted by Crippen LogP contribution is -2.04. The van der Waals surface area contributed by atoms with Crippen molar-refractivity contribution in [2.75, 3.05) is 10.6 Å². The average molecular weight is 348 g/mol. The van der Waals surface area contributed by atoms with Crippen LogP contribution in [0, 0.1) is 30.2 Å². The van der Waals surface area contributed by atoms with Crippen molar-refractivity contribution in [3.63, 3.8) is 0 Å². The number of hydrogen-bond donors (Lipinski definition) is 2. The molecular formula is C17H12F4N4. The second-order valence-corrected chi connectivity index (χ2v) is 5.20. The lowest BCUT2D eigenvalue weighted by atomic mass is 10.2. The van der Waals surface area contributed by atoms with Gasteiger partial charge in [-0.2, -0.15) is 4.98 Å². The second kappa shape index (κ2) is 6.76. The van der Waals surface area contributed by atoms with Gasteiger partial charge in [0.25, 0.3) is 0 Å². The summed E-state index contributed by atoms with van der Waals surface area (Å²) in [7, 11) is 0. The monoisotopic (exact) mass is 348 g/mol. The fraction of sp³-hybridized carbons (Fsp3) is 0.0588. The van der Waals surface area contributed by atoms with Gasteiger partial charge in [0.2, 0.25) is 5.95 Å². The SMILES string of the molecule is Cc1cc(Nc2ccc(F)c(F)c2F)nc(Nc2ccc(F)cc2)n1. The van der Waals surface area contributed by atoms with Crippen LogP contribution in [0.15, 0.2) is 42.5 Å². The Kier molecular flexibility index (Phi) is 4.51. The first-order chi connectivity index (χ1) is 11.9. The van der Waals surface area contributed by atoms with Crippen LogP contribution in [0.1, 0.15) is 5.69 Å². The molecule has 4 nitrogen and oxygen atoms in total. The molecule has 2 aromatic carbocycles. The number of aryl methyl sites for hydroxylation is 1. The van der Waals surface area contributed by atoms with Crippen molar-refractivity contribution < 1.29 is 17.6 Å². The molecule has 0 bridgehead atoms. The van der Waals surface area contributed by atoms with Crippen molar-refractivity contribution in [1.82, 2.24) is 9.97 Å². The summed E-state index contributed by atoms with van der Waals surface area (Å²) < 4.78 is 53.0. The van der Waals surface area contributed by atoms with Gasteiger partial charge in [-0.25, -0.2) is 22.5 Å². The lowest BCUT2D eigenvalue weighted by Gasteiger charge is -2.11. The topological polar surface area (TPSA) is 49.8 Å². The Balaban J connectivity index is 1.87. The number of nitrogens with one attached hydrogen (secondary N) is 2. The smallest absolute Gasteiger partial charge is 0.229 e. The van der Waals surface area contributed by atoms with Crippen LogP contribution in [0.2, 0.25) is 0 Å². The predicted molar refractivity (Wildman–Crippen MR) is 86.1 cm³/mol.